The molecule has 0 aliphatic heterocycles. The molecule has 0 aliphatic carbocycles. The molecule has 2 rings (SSSR count). The first-order chi connectivity index (χ1) is 8.63. The van der Waals surface area contributed by atoms with Crippen LogP contribution in [-0.2, 0) is 7.05 Å². The van der Waals surface area contributed by atoms with Crippen LogP contribution in [0.25, 0.3) is 11.3 Å². The maximum absolute atomic E-state index is 11.7. The predicted octanol–water partition coefficient (Wildman–Crippen LogP) is 2.07. The van der Waals surface area contributed by atoms with Crippen LogP contribution in [0.5, 0.6) is 0 Å². The molecule has 0 spiro atoms. The summed E-state index contributed by atoms with van der Waals surface area (Å²) < 4.78 is 1.70. The van der Waals surface area contributed by atoms with Crippen molar-refractivity contribution in [2.24, 2.45) is 7.05 Å². The zero-order valence-corrected chi connectivity index (χ0v) is 11.0. The molecule has 5 nitrogen and oxygen atoms in total. The van der Waals surface area contributed by atoms with Crippen LogP contribution < -0.4 is 5.56 Å². The molecule has 0 bridgehead atoms. The third-order valence-electron chi connectivity index (χ3n) is 3.13. The van der Waals surface area contributed by atoms with Gasteiger partial charge in [0.1, 0.15) is 5.82 Å². The van der Waals surface area contributed by atoms with Crippen molar-refractivity contribution < 1.29 is 0 Å². The van der Waals surface area contributed by atoms with Gasteiger partial charge in [0, 0.05) is 30.8 Å². The van der Waals surface area contributed by atoms with Crippen LogP contribution in [0.15, 0.2) is 23.3 Å². The number of nitrogens with one attached hydrogen (secondary N) is 1. The summed E-state index contributed by atoms with van der Waals surface area (Å²) >= 11 is 0. The fourth-order valence-electron chi connectivity index (χ4n) is 2.05. The molecule has 0 aliphatic rings. The van der Waals surface area contributed by atoms with Crippen LogP contribution in [0, 0.1) is 0 Å². The van der Waals surface area contributed by atoms with Crippen LogP contribution in [0.2, 0.25) is 0 Å². The molecule has 0 unspecified atom stereocenters. The molecule has 5 heteroatoms. The Balaban J connectivity index is 2.47. The molecule has 0 fully saturated rings. The number of hydrogen-bond acceptors (Lipinski definition) is 3. The zero-order chi connectivity index (χ0) is 13.1. The van der Waals surface area contributed by atoms with Crippen molar-refractivity contribution in [1.82, 2.24) is 19.7 Å². The second-order valence-corrected chi connectivity index (χ2v) is 4.43. The van der Waals surface area contributed by atoms with E-state index < -0.39 is 0 Å². The van der Waals surface area contributed by atoms with Crippen molar-refractivity contribution >= 4 is 0 Å². The first-order valence-corrected chi connectivity index (χ1v) is 6.24. The van der Waals surface area contributed by atoms with Gasteiger partial charge in [0.25, 0.3) is 5.56 Å². The molecule has 0 amide bonds. The number of aromatic nitrogens is 4. The second kappa shape index (κ2) is 5.16. The average Bonchev–Trinajstić information content (AvgIpc) is 2.77. The standard InChI is InChI=1S/C13H18N4O/c1-4-9(5-2)13-15-11(6-12(18)16-13)10-7-14-17(3)8-10/h6-9H,4-5H2,1-3H3,(H,15,16,18). The molecule has 2 heterocycles. The van der Waals surface area contributed by atoms with Crippen molar-refractivity contribution in [3.05, 3.63) is 34.6 Å². The molecule has 2 aromatic rings. The Morgan fingerprint density at radius 3 is 2.67 bits per heavy atom. The first kappa shape index (κ1) is 12.5. The van der Waals surface area contributed by atoms with E-state index >= 15 is 0 Å². The van der Waals surface area contributed by atoms with E-state index in [1.165, 1.54) is 6.07 Å². The van der Waals surface area contributed by atoms with Crippen molar-refractivity contribution in [1.29, 1.82) is 0 Å². The van der Waals surface area contributed by atoms with Crippen LogP contribution in [-0.4, -0.2) is 19.7 Å². The highest BCUT2D eigenvalue weighted by Gasteiger charge is 2.12. The molecule has 0 atom stereocenters. The van der Waals surface area contributed by atoms with Gasteiger partial charge in [-0.3, -0.25) is 9.48 Å². The third-order valence-corrected chi connectivity index (χ3v) is 3.13. The molecule has 0 saturated carbocycles. The Labute approximate surface area is 106 Å². The van der Waals surface area contributed by atoms with Crippen molar-refractivity contribution in [2.75, 3.05) is 0 Å². The van der Waals surface area contributed by atoms with Gasteiger partial charge < -0.3 is 4.98 Å². The Morgan fingerprint density at radius 1 is 1.39 bits per heavy atom. The molecule has 0 aromatic carbocycles. The largest absolute Gasteiger partial charge is 0.310 e. The van der Waals surface area contributed by atoms with Crippen LogP contribution in [0.1, 0.15) is 38.4 Å². The summed E-state index contributed by atoms with van der Waals surface area (Å²) in [7, 11) is 1.85. The normalized spacial score (nSPS) is 11.1. The summed E-state index contributed by atoms with van der Waals surface area (Å²) in [5.74, 6) is 1.07. The van der Waals surface area contributed by atoms with Gasteiger partial charge in [-0.2, -0.15) is 5.10 Å². The summed E-state index contributed by atoms with van der Waals surface area (Å²) in [6.07, 6.45) is 5.52. The third kappa shape index (κ3) is 2.50. The monoisotopic (exact) mass is 246 g/mol. The van der Waals surface area contributed by atoms with Crippen LogP contribution in [0.3, 0.4) is 0 Å². The van der Waals surface area contributed by atoms with Crippen LogP contribution >= 0.6 is 0 Å². The second-order valence-electron chi connectivity index (χ2n) is 4.43. The van der Waals surface area contributed by atoms with E-state index in [1.54, 1.807) is 10.9 Å². The van der Waals surface area contributed by atoms with Gasteiger partial charge >= 0.3 is 0 Å². The van der Waals surface area contributed by atoms with Gasteiger partial charge in [0.2, 0.25) is 0 Å². The minimum absolute atomic E-state index is 0.106. The molecular formula is C13H18N4O. The Kier molecular flexibility index (Phi) is 3.60. The molecule has 1 N–H and O–H groups in total. The van der Waals surface area contributed by atoms with Crippen molar-refractivity contribution in [2.45, 2.75) is 32.6 Å². The molecule has 96 valence electrons. The maximum Gasteiger partial charge on any atom is 0.251 e. The molecular weight excluding hydrogens is 228 g/mol. The fourth-order valence-corrected chi connectivity index (χ4v) is 2.05. The summed E-state index contributed by atoms with van der Waals surface area (Å²) in [5.41, 5.74) is 1.45. The number of hydrogen-bond donors (Lipinski definition) is 1. The van der Waals surface area contributed by atoms with E-state index in [4.69, 9.17) is 0 Å². The van der Waals surface area contributed by atoms with Crippen molar-refractivity contribution in [3.63, 3.8) is 0 Å². The minimum atomic E-state index is -0.106. The summed E-state index contributed by atoms with van der Waals surface area (Å²) in [6, 6.07) is 1.52. The van der Waals surface area contributed by atoms with E-state index in [9.17, 15) is 4.79 Å². The highest BCUT2D eigenvalue weighted by molar-refractivity contribution is 5.56. The van der Waals surface area contributed by atoms with Crippen LogP contribution in [0.4, 0.5) is 0 Å². The Hall–Kier alpha value is -1.91. The minimum Gasteiger partial charge on any atom is -0.310 e. The highest BCUT2D eigenvalue weighted by atomic mass is 16.1. The van der Waals surface area contributed by atoms with Gasteiger partial charge in [-0.15, -0.1) is 0 Å². The van der Waals surface area contributed by atoms with Gasteiger partial charge in [-0.25, -0.2) is 4.98 Å². The number of rotatable bonds is 4. The smallest absolute Gasteiger partial charge is 0.251 e. The number of aromatic amines is 1. The molecule has 18 heavy (non-hydrogen) atoms. The van der Waals surface area contributed by atoms with Gasteiger partial charge in [-0.1, -0.05) is 13.8 Å². The van der Waals surface area contributed by atoms with E-state index in [2.05, 4.69) is 28.9 Å². The quantitative estimate of drug-likeness (QED) is 0.898. The molecule has 0 saturated heterocycles. The number of H-pyrrole nitrogens is 1. The highest BCUT2D eigenvalue weighted by Crippen LogP contribution is 2.21. The summed E-state index contributed by atoms with van der Waals surface area (Å²) in [5, 5.41) is 4.10. The molecule has 0 radical (unpaired) electrons. The van der Waals surface area contributed by atoms with E-state index in [-0.39, 0.29) is 5.56 Å². The first-order valence-electron chi connectivity index (χ1n) is 6.24. The van der Waals surface area contributed by atoms with E-state index in [1.807, 2.05) is 13.2 Å². The van der Waals surface area contributed by atoms with Gasteiger partial charge in [-0.05, 0) is 12.8 Å². The SMILES string of the molecule is CCC(CC)c1nc(-c2cnn(C)c2)cc(=O)[nH]1. The summed E-state index contributed by atoms with van der Waals surface area (Å²) in [6.45, 7) is 4.20. The van der Waals surface area contributed by atoms with E-state index in [0.717, 1.165) is 24.2 Å². The lowest BCUT2D eigenvalue weighted by atomic mass is 10.0. The predicted molar refractivity (Wildman–Crippen MR) is 70.4 cm³/mol. The lowest BCUT2D eigenvalue weighted by molar-refractivity contribution is 0.600. The van der Waals surface area contributed by atoms with Gasteiger partial charge in [0.05, 0.1) is 11.9 Å². The lowest BCUT2D eigenvalue weighted by Crippen LogP contribution is -2.14. The van der Waals surface area contributed by atoms with E-state index in [0.29, 0.717) is 11.6 Å². The van der Waals surface area contributed by atoms with Crippen molar-refractivity contribution in [3.8, 4) is 11.3 Å². The van der Waals surface area contributed by atoms with Gasteiger partial charge in [0.15, 0.2) is 0 Å². The Bertz CT molecular complexity index is 581. The number of aryl methyl sites for hydroxylation is 1. The topological polar surface area (TPSA) is 63.6 Å². The maximum atomic E-state index is 11.7. The molecule has 2 aromatic heterocycles. The number of nitrogens with zero attached hydrogens (tertiary/aromatic N) is 3. The zero-order valence-electron chi connectivity index (χ0n) is 11.0. The average molecular weight is 246 g/mol. The Morgan fingerprint density at radius 2 is 2.11 bits per heavy atom. The fraction of sp³-hybridized carbons (Fsp3) is 0.462. The summed E-state index contributed by atoms with van der Waals surface area (Å²) in [4.78, 5) is 19.1. The lowest BCUT2D eigenvalue weighted by Gasteiger charge is -2.11.